The van der Waals surface area contributed by atoms with Crippen LogP contribution in [0, 0.1) is 11.2 Å². The Labute approximate surface area is 181 Å². The molecule has 0 amide bonds. The summed E-state index contributed by atoms with van der Waals surface area (Å²) in [5, 5.41) is 4.82. The van der Waals surface area contributed by atoms with E-state index in [4.69, 9.17) is 5.73 Å². The van der Waals surface area contributed by atoms with Gasteiger partial charge in [-0.1, -0.05) is 23.9 Å². The molecule has 0 radical (unpaired) electrons. The summed E-state index contributed by atoms with van der Waals surface area (Å²) < 4.78 is 42.1. The topological polar surface area (TPSA) is 72.9 Å². The third-order valence-electron chi connectivity index (χ3n) is 6.33. The van der Waals surface area contributed by atoms with Gasteiger partial charge in [0.1, 0.15) is 16.7 Å². The van der Waals surface area contributed by atoms with Crippen molar-refractivity contribution in [3.8, 4) is 0 Å². The highest BCUT2D eigenvalue weighted by molar-refractivity contribution is 7.99. The second-order valence-electron chi connectivity index (χ2n) is 8.02. The van der Waals surface area contributed by atoms with Gasteiger partial charge in [-0.2, -0.15) is 5.10 Å². The molecule has 2 N–H and O–H groups in total. The van der Waals surface area contributed by atoms with Crippen molar-refractivity contribution in [2.24, 2.45) is 11.1 Å². The number of alkyl halides is 2. The Morgan fingerprint density at radius 3 is 2.61 bits per heavy atom. The van der Waals surface area contributed by atoms with E-state index >= 15 is 0 Å². The number of rotatable bonds is 4. The molecule has 1 fully saturated rings. The first-order valence-electron chi connectivity index (χ1n) is 10.1. The molecule has 5 rings (SSSR count). The molecular weight excluding hydrogens is 425 g/mol. The van der Waals surface area contributed by atoms with Crippen LogP contribution in [0.1, 0.15) is 36.6 Å². The van der Waals surface area contributed by atoms with Gasteiger partial charge < -0.3 is 10.6 Å². The smallest absolute Gasteiger partial charge is 0.266 e. The van der Waals surface area contributed by atoms with Crippen LogP contribution >= 0.6 is 11.8 Å². The molecule has 2 aromatic heterocycles. The van der Waals surface area contributed by atoms with E-state index in [1.165, 1.54) is 12.1 Å². The lowest BCUT2D eigenvalue weighted by molar-refractivity contribution is 0.145. The molecule has 31 heavy (non-hydrogen) atoms. The molecule has 4 heterocycles. The molecule has 6 nitrogen and oxygen atoms in total. The van der Waals surface area contributed by atoms with Crippen LogP contribution in [0.25, 0.3) is 0 Å². The van der Waals surface area contributed by atoms with Crippen molar-refractivity contribution in [1.82, 2.24) is 19.7 Å². The van der Waals surface area contributed by atoms with Crippen molar-refractivity contribution in [3.05, 3.63) is 59.9 Å². The molecule has 2 aliphatic rings. The highest BCUT2D eigenvalue weighted by Crippen LogP contribution is 2.47. The van der Waals surface area contributed by atoms with E-state index in [0.29, 0.717) is 5.03 Å². The number of halogens is 3. The first kappa shape index (κ1) is 20.3. The Kier molecular flexibility index (Phi) is 5.13. The number of aromatic nitrogens is 4. The number of anilines is 1. The highest BCUT2D eigenvalue weighted by atomic mass is 32.2. The lowest BCUT2D eigenvalue weighted by Gasteiger charge is -2.41. The number of hydrogen-bond donors (Lipinski definition) is 1. The van der Waals surface area contributed by atoms with E-state index in [1.54, 1.807) is 18.6 Å². The second kappa shape index (κ2) is 7.83. The largest absolute Gasteiger partial charge is 0.355 e. The quantitative estimate of drug-likeness (QED) is 0.648. The van der Waals surface area contributed by atoms with Crippen molar-refractivity contribution >= 4 is 17.6 Å². The Hall–Kier alpha value is -2.59. The minimum absolute atomic E-state index is 0.0130. The Morgan fingerprint density at radius 2 is 1.94 bits per heavy atom. The molecule has 1 atom stereocenters. The van der Waals surface area contributed by atoms with Gasteiger partial charge >= 0.3 is 0 Å². The number of piperidine rings is 1. The van der Waals surface area contributed by atoms with Crippen LogP contribution in [0.15, 0.2) is 52.8 Å². The van der Waals surface area contributed by atoms with E-state index in [-0.39, 0.29) is 16.4 Å². The van der Waals surface area contributed by atoms with Crippen molar-refractivity contribution in [2.75, 3.05) is 18.0 Å². The maximum Gasteiger partial charge on any atom is 0.266 e. The van der Waals surface area contributed by atoms with Crippen LogP contribution in [-0.4, -0.2) is 32.8 Å². The Morgan fingerprint density at radius 1 is 1.13 bits per heavy atom. The molecule has 0 saturated carbocycles. The second-order valence-corrected chi connectivity index (χ2v) is 9.08. The van der Waals surface area contributed by atoms with Crippen molar-refractivity contribution in [1.29, 1.82) is 0 Å². The van der Waals surface area contributed by atoms with Crippen LogP contribution in [-0.2, 0) is 6.54 Å². The average molecular weight is 447 g/mol. The molecule has 0 aliphatic carbocycles. The van der Waals surface area contributed by atoms with E-state index < -0.39 is 17.8 Å². The third kappa shape index (κ3) is 3.57. The third-order valence-corrected chi connectivity index (χ3v) is 7.29. The van der Waals surface area contributed by atoms with E-state index in [9.17, 15) is 13.2 Å². The van der Waals surface area contributed by atoms with E-state index in [1.807, 2.05) is 10.7 Å². The van der Waals surface area contributed by atoms with Gasteiger partial charge in [-0.3, -0.25) is 4.68 Å². The fourth-order valence-electron chi connectivity index (χ4n) is 4.51. The van der Waals surface area contributed by atoms with E-state index in [0.717, 1.165) is 61.8 Å². The zero-order valence-corrected chi connectivity index (χ0v) is 17.4. The standard InChI is InChI=1S/C21H21F3N6S/c22-18-13(20(23)24)2-1-3-15(18)31-17-11-26-16(10-27-17)29-8-5-21(6-9-29)12-30-14(19(21)25)4-7-28-30/h1-4,7,10-11,19-20H,5-6,8-9,12,25H2/t19-/m1/s1. The predicted octanol–water partition coefficient (Wildman–Crippen LogP) is 4.20. The molecule has 1 saturated heterocycles. The monoisotopic (exact) mass is 446 g/mol. The van der Waals surface area contributed by atoms with Crippen molar-refractivity contribution < 1.29 is 13.2 Å². The number of benzene rings is 1. The van der Waals surface area contributed by atoms with Crippen LogP contribution in [0.3, 0.4) is 0 Å². The molecule has 1 spiro atoms. The molecule has 0 unspecified atom stereocenters. The maximum atomic E-state index is 14.3. The fourth-order valence-corrected chi connectivity index (χ4v) is 5.30. The summed E-state index contributed by atoms with van der Waals surface area (Å²) in [5.41, 5.74) is 7.04. The minimum atomic E-state index is -2.86. The zero-order valence-electron chi connectivity index (χ0n) is 16.6. The summed E-state index contributed by atoms with van der Waals surface area (Å²) in [6.07, 6.45) is 4.00. The molecule has 162 valence electrons. The first-order valence-corrected chi connectivity index (χ1v) is 10.9. The van der Waals surface area contributed by atoms with Crippen LogP contribution in [0.5, 0.6) is 0 Å². The van der Waals surface area contributed by atoms with Gasteiger partial charge in [0, 0.05) is 31.2 Å². The van der Waals surface area contributed by atoms with Crippen molar-refractivity contribution in [3.63, 3.8) is 0 Å². The summed E-state index contributed by atoms with van der Waals surface area (Å²) in [5.74, 6) is -0.173. The van der Waals surface area contributed by atoms with Crippen LogP contribution in [0.4, 0.5) is 19.0 Å². The van der Waals surface area contributed by atoms with Gasteiger partial charge in [-0.05, 0) is 25.0 Å². The summed E-state index contributed by atoms with van der Waals surface area (Å²) in [4.78, 5) is 11.1. The summed E-state index contributed by atoms with van der Waals surface area (Å²) in [6.45, 7) is 2.46. The summed E-state index contributed by atoms with van der Waals surface area (Å²) >= 11 is 0.984. The van der Waals surface area contributed by atoms with Gasteiger partial charge in [-0.25, -0.2) is 23.1 Å². The lowest BCUT2D eigenvalue weighted by atomic mass is 9.73. The predicted molar refractivity (Wildman–Crippen MR) is 111 cm³/mol. The normalized spacial score (nSPS) is 19.9. The number of fused-ring (bicyclic) bond motifs is 1. The van der Waals surface area contributed by atoms with Crippen LogP contribution in [0.2, 0.25) is 0 Å². The average Bonchev–Trinajstić information content (AvgIpc) is 3.32. The van der Waals surface area contributed by atoms with E-state index in [2.05, 4.69) is 20.0 Å². The molecule has 3 aromatic rings. The number of nitrogens with zero attached hydrogens (tertiary/aromatic N) is 5. The van der Waals surface area contributed by atoms with Gasteiger partial charge in [0.2, 0.25) is 0 Å². The molecule has 0 bridgehead atoms. The molecule has 1 aromatic carbocycles. The Balaban J connectivity index is 1.25. The molecular formula is C21H21F3N6S. The minimum Gasteiger partial charge on any atom is -0.355 e. The SMILES string of the molecule is N[C@@H]1c2ccnn2CC12CCN(c1cnc(Sc3cccc(C(F)F)c3F)cn1)CC2. The first-order chi connectivity index (χ1) is 15.0. The fraction of sp³-hybridized carbons (Fsp3) is 0.381. The lowest BCUT2D eigenvalue weighted by Crippen LogP contribution is -2.45. The van der Waals surface area contributed by atoms with Crippen molar-refractivity contribution in [2.45, 2.75) is 41.8 Å². The zero-order chi connectivity index (χ0) is 21.6. The van der Waals surface area contributed by atoms with Gasteiger partial charge in [-0.15, -0.1) is 0 Å². The van der Waals surface area contributed by atoms with Gasteiger partial charge in [0.25, 0.3) is 6.43 Å². The molecule has 10 heteroatoms. The highest BCUT2D eigenvalue weighted by Gasteiger charge is 2.46. The summed E-state index contributed by atoms with van der Waals surface area (Å²) in [7, 11) is 0. The molecule has 2 aliphatic heterocycles. The Bertz CT molecular complexity index is 1080. The maximum absolute atomic E-state index is 14.3. The van der Waals surface area contributed by atoms with Crippen LogP contribution < -0.4 is 10.6 Å². The van der Waals surface area contributed by atoms with Gasteiger partial charge in [0.05, 0.1) is 34.6 Å². The number of nitrogens with two attached hydrogens (primary N) is 1. The number of hydrogen-bond acceptors (Lipinski definition) is 6. The van der Waals surface area contributed by atoms with Gasteiger partial charge in [0.15, 0.2) is 0 Å². The summed E-state index contributed by atoms with van der Waals surface area (Å²) in [6, 6.07) is 5.94.